The van der Waals surface area contributed by atoms with Gasteiger partial charge in [-0.1, -0.05) is 55.5 Å². The van der Waals surface area contributed by atoms with E-state index < -0.39 is 0 Å². The lowest BCUT2D eigenvalue weighted by molar-refractivity contribution is 0.550. The lowest BCUT2D eigenvalue weighted by Crippen LogP contribution is -2.00. The van der Waals surface area contributed by atoms with E-state index in [0.717, 1.165) is 5.92 Å². The van der Waals surface area contributed by atoms with Crippen molar-refractivity contribution in [2.24, 2.45) is 5.41 Å². The average molecular weight is 326 g/mol. The van der Waals surface area contributed by atoms with Gasteiger partial charge in [-0.15, -0.1) is 11.3 Å². The van der Waals surface area contributed by atoms with Crippen LogP contribution in [0.1, 0.15) is 30.4 Å². The van der Waals surface area contributed by atoms with Crippen LogP contribution in [0.3, 0.4) is 0 Å². The molecule has 0 radical (unpaired) electrons. The van der Waals surface area contributed by atoms with E-state index in [9.17, 15) is 0 Å². The molecular formula is C23H18S. The fourth-order valence-corrected chi connectivity index (χ4v) is 5.97. The molecule has 24 heavy (non-hydrogen) atoms. The smallest absolute Gasteiger partial charge is 0.0361 e. The SMILES string of the molecule is CC12Cc3ccccc3-c3c(ccc4sc5ccccc5c34)C1C2. The van der Waals surface area contributed by atoms with Gasteiger partial charge in [-0.2, -0.15) is 0 Å². The van der Waals surface area contributed by atoms with Gasteiger partial charge in [0.2, 0.25) is 0 Å². The first-order chi connectivity index (χ1) is 11.7. The van der Waals surface area contributed by atoms with Crippen LogP contribution in [0.15, 0.2) is 60.7 Å². The zero-order valence-electron chi connectivity index (χ0n) is 13.7. The van der Waals surface area contributed by atoms with E-state index in [-0.39, 0.29) is 0 Å². The summed E-state index contributed by atoms with van der Waals surface area (Å²) in [6.07, 6.45) is 2.55. The second-order valence-corrected chi connectivity index (χ2v) is 8.83. The minimum Gasteiger partial charge on any atom is -0.135 e. The molecule has 3 aromatic carbocycles. The van der Waals surface area contributed by atoms with Gasteiger partial charge in [0, 0.05) is 20.2 Å². The van der Waals surface area contributed by atoms with Crippen molar-refractivity contribution in [3.63, 3.8) is 0 Å². The van der Waals surface area contributed by atoms with Crippen molar-refractivity contribution in [2.75, 3.05) is 0 Å². The highest BCUT2D eigenvalue weighted by atomic mass is 32.1. The van der Waals surface area contributed by atoms with Crippen LogP contribution in [-0.4, -0.2) is 0 Å². The molecule has 0 bridgehead atoms. The summed E-state index contributed by atoms with van der Waals surface area (Å²) in [5, 5.41) is 2.91. The molecule has 0 saturated heterocycles. The van der Waals surface area contributed by atoms with Crippen LogP contribution in [0, 0.1) is 5.41 Å². The monoisotopic (exact) mass is 326 g/mol. The van der Waals surface area contributed by atoms with Crippen LogP contribution in [0.2, 0.25) is 0 Å². The Balaban J connectivity index is 1.84. The number of hydrogen-bond donors (Lipinski definition) is 0. The van der Waals surface area contributed by atoms with Crippen LogP contribution < -0.4 is 0 Å². The number of benzene rings is 3. The molecule has 2 atom stereocenters. The van der Waals surface area contributed by atoms with Gasteiger partial charge in [0.05, 0.1) is 0 Å². The molecule has 0 nitrogen and oxygen atoms in total. The standard InChI is InChI=1S/C23H18S/c1-23-12-14-6-2-3-7-15(14)21-16(18(23)13-23)10-11-20-22(21)17-8-4-5-9-19(17)24-20/h2-11,18H,12-13H2,1H3. The predicted octanol–water partition coefficient (Wildman–Crippen LogP) is 6.77. The molecule has 0 amide bonds. The summed E-state index contributed by atoms with van der Waals surface area (Å²) < 4.78 is 2.83. The Morgan fingerprint density at radius 1 is 0.917 bits per heavy atom. The van der Waals surface area contributed by atoms with E-state index in [1.165, 1.54) is 49.7 Å². The fourth-order valence-electron chi connectivity index (χ4n) is 4.85. The molecule has 1 heterocycles. The molecule has 116 valence electrons. The molecule has 0 N–H and O–H groups in total. The first-order valence-electron chi connectivity index (χ1n) is 8.77. The number of thiophene rings is 1. The Morgan fingerprint density at radius 2 is 1.75 bits per heavy atom. The van der Waals surface area contributed by atoms with Crippen molar-refractivity contribution >= 4 is 31.5 Å². The van der Waals surface area contributed by atoms with Crippen LogP contribution >= 0.6 is 11.3 Å². The van der Waals surface area contributed by atoms with Crippen molar-refractivity contribution in [3.05, 3.63) is 71.8 Å². The highest BCUT2D eigenvalue weighted by Gasteiger charge is 2.53. The Kier molecular flexibility index (Phi) is 2.36. The van der Waals surface area contributed by atoms with Crippen molar-refractivity contribution in [1.29, 1.82) is 0 Å². The Hall–Kier alpha value is -2.12. The van der Waals surface area contributed by atoms with Crippen LogP contribution in [0.25, 0.3) is 31.3 Å². The van der Waals surface area contributed by atoms with Crippen molar-refractivity contribution in [3.8, 4) is 11.1 Å². The van der Waals surface area contributed by atoms with Crippen molar-refractivity contribution < 1.29 is 0 Å². The lowest BCUT2D eigenvalue weighted by atomic mass is 9.91. The van der Waals surface area contributed by atoms with Gasteiger partial charge >= 0.3 is 0 Å². The van der Waals surface area contributed by atoms with E-state index in [1.54, 1.807) is 5.56 Å². The number of fused-ring (bicyclic) bond motifs is 9. The van der Waals surface area contributed by atoms with E-state index in [1.807, 2.05) is 11.3 Å². The zero-order valence-corrected chi connectivity index (χ0v) is 14.5. The Labute approximate surface area is 145 Å². The summed E-state index contributed by atoms with van der Waals surface area (Å²) in [7, 11) is 0. The third-order valence-electron chi connectivity index (χ3n) is 6.18. The maximum absolute atomic E-state index is 2.47. The average Bonchev–Trinajstić information content (AvgIpc) is 3.13. The van der Waals surface area contributed by atoms with E-state index in [4.69, 9.17) is 0 Å². The molecule has 1 saturated carbocycles. The van der Waals surface area contributed by atoms with Crippen LogP contribution in [0.4, 0.5) is 0 Å². The van der Waals surface area contributed by atoms with Gasteiger partial charge in [0.15, 0.2) is 0 Å². The Bertz CT molecular complexity index is 1130. The molecule has 6 rings (SSSR count). The second kappa shape index (κ2) is 4.29. The lowest BCUT2D eigenvalue weighted by Gasteiger charge is -2.13. The fraction of sp³-hybridized carbons (Fsp3) is 0.217. The molecular weight excluding hydrogens is 308 g/mol. The quantitative estimate of drug-likeness (QED) is 0.334. The minimum atomic E-state index is 0.459. The van der Waals surface area contributed by atoms with Gasteiger partial charge in [0.25, 0.3) is 0 Å². The molecule has 1 heteroatoms. The molecule has 2 aliphatic rings. The highest BCUT2D eigenvalue weighted by Crippen LogP contribution is 2.65. The predicted molar refractivity (Wildman–Crippen MR) is 104 cm³/mol. The molecule has 2 aliphatic carbocycles. The topological polar surface area (TPSA) is 0 Å². The second-order valence-electron chi connectivity index (χ2n) is 7.75. The summed E-state index contributed by atoms with van der Waals surface area (Å²) in [4.78, 5) is 0. The maximum Gasteiger partial charge on any atom is 0.0361 e. The first-order valence-corrected chi connectivity index (χ1v) is 9.59. The molecule has 2 unspecified atom stereocenters. The summed E-state index contributed by atoms with van der Waals surface area (Å²) in [5.74, 6) is 0.725. The largest absolute Gasteiger partial charge is 0.135 e. The normalized spacial score (nSPS) is 24.3. The minimum absolute atomic E-state index is 0.459. The molecule has 1 aromatic heterocycles. The molecule has 0 spiro atoms. The van der Waals surface area contributed by atoms with Gasteiger partial charge in [-0.3, -0.25) is 0 Å². The van der Waals surface area contributed by atoms with Crippen LogP contribution in [0.5, 0.6) is 0 Å². The van der Waals surface area contributed by atoms with Gasteiger partial charge in [0.1, 0.15) is 0 Å². The first kappa shape index (κ1) is 13.2. The van der Waals surface area contributed by atoms with E-state index >= 15 is 0 Å². The number of hydrogen-bond acceptors (Lipinski definition) is 1. The summed E-state index contributed by atoms with van der Waals surface area (Å²) in [6, 6.07) is 22.8. The Morgan fingerprint density at radius 3 is 2.71 bits per heavy atom. The van der Waals surface area contributed by atoms with Crippen molar-refractivity contribution in [2.45, 2.75) is 25.7 Å². The number of rotatable bonds is 0. The van der Waals surface area contributed by atoms with Crippen molar-refractivity contribution in [1.82, 2.24) is 0 Å². The summed E-state index contributed by atoms with van der Waals surface area (Å²) >= 11 is 1.93. The van der Waals surface area contributed by atoms with E-state index in [2.05, 4.69) is 67.6 Å². The van der Waals surface area contributed by atoms with Gasteiger partial charge in [-0.25, -0.2) is 0 Å². The molecule has 4 aromatic rings. The third-order valence-corrected chi connectivity index (χ3v) is 7.32. The highest BCUT2D eigenvalue weighted by molar-refractivity contribution is 7.25. The van der Waals surface area contributed by atoms with E-state index in [0.29, 0.717) is 5.41 Å². The van der Waals surface area contributed by atoms with Gasteiger partial charge in [-0.05, 0) is 58.6 Å². The third kappa shape index (κ3) is 1.58. The molecule has 1 fully saturated rings. The summed E-state index contributed by atoms with van der Waals surface area (Å²) in [6.45, 7) is 2.47. The zero-order chi connectivity index (χ0) is 15.9. The van der Waals surface area contributed by atoms with Crippen LogP contribution in [-0.2, 0) is 6.42 Å². The maximum atomic E-state index is 2.47. The summed E-state index contributed by atoms with van der Waals surface area (Å²) in [5.41, 5.74) is 6.56. The van der Waals surface area contributed by atoms with Gasteiger partial charge < -0.3 is 0 Å². The molecule has 0 aliphatic heterocycles.